The van der Waals surface area contributed by atoms with Gasteiger partial charge in [-0.2, -0.15) is 0 Å². The smallest absolute Gasteiger partial charge is 0.344 e. The van der Waals surface area contributed by atoms with Crippen molar-refractivity contribution in [3.63, 3.8) is 0 Å². The third-order valence-electron chi connectivity index (χ3n) is 4.17. The zero-order valence-corrected chi connectivity index (χ0v) is 15.5. The number of benzene rings is 1. The van der Waals surface area contributed by atoms with Crippen molar-refractivity contribution in [2.45, 2.75) is 30.6 Å². The van der Waals surface area contributed by atoms with E-state index in [0.29, 0.717) is 28.8 Å². The molecule has 2 aromatic rings. The van der Waals surface area contributed by atoms with Crippen LogP contribution in [0.3, 0.4) is 0 Å². The first-order valence-electron chi connectivity index (χ1n) is 8.27. The summed E-state index contributed by atoms with van der Waals surface area (Å²) in [5.41, 5.74) is 0.222. The number of hydrogen-bond donors (Lipinski definition) is 1. The highest BCUT2D eigenvalue weighted by Crippen LogP contribution is 2.28. The summed E-state index contributed by atoms with van der Waals surface area (Å²) < 4.78 is 17.5. The number of carbonyl (C=O) groups excluding carboxylic acids is 1. The lowest BCUT2D eigenvalue weighted by molar-refractivity contribution is 0.0941. The molecule has 140 valence electrons. The SMILES string of the molecule is COc1ccc(C(=O)CSc2n[nH]c(=O)n2C[C@@H]2CCCO2)cc1OC. The summed E-state index contributed by atoms with van der Waals surface area (Å²) in [4.78, 5) is 24.4. The van der Waals surface area contributed by atoms with Crippen LogP contribution in [0, 0.1) is 0 Å². The Kier molecular flexibility index (Phi) is 6.00. The lowest BCUT2D eigenvalue weighted by Crippen LogP contribution is -2.25. The molecule has 0 aliphatic carbocycles. The Labute approximate surface area is 154 Å². The van der Waals surface area contributed by atoms with E-state index in [1.54, 1.807) is 25.3 Å². The van der Waals surface area contributed by atoms with E-state index in [1.807, 2.05) is 0 Å². The predicted molar refractivity (Wildman–Crippen MR) is 96.4 cm³/mol. The molecule has 1 aromatic heterocycles. The van der Waals surface area contributed by atoms with Crippen LogP contribution in [0.5, 0.6) is 11.5 Å². The number of nitrogens with one attached hydrogen (secondary N) is 1. The summed E-state index contributed by atoms with van der Waals surface area (Å²) >= 11 is 1.22. The van der Waals surface area contributed by atoms with Gasteiger partial charge in [-0.3, -0.25) is 9.36 Å². The van der Waals surface area contributed by atoms with Crippen LogP contribution in [-0.4, -0.2) is 53.2 Å². The highest BCUT2D eigenvalue weighted by Gasteiger charge is 2.20. The molecular formula is C17H21N3O5S. The quantitative estimate of drug-likeness (QED) is 0.551. The molecule has 0 radical (unpaired) electrons. The molecule has 1 fully saturated rings. The van der Waals surface area contributed by atoms with Gasteiger partial charge in [0.05, 0.1) is 32.6 Å². The van der Waals surface area contributed by atoms with Crippen LogP contribution < -0.4 is 15.2 Å². The number of aromatic nitrogens is 3. The molecule has 1 aromatic carbocycles. The number of rotatable bonds is 8. The van der Waals surface area contributed by atoms with Crippen molar-refractivity contribution in [2.75, 3.05) is 26.6 Å². The van der Waals surface area contributed by atoms with E-state index >= 15 is 0 Å². The number of H-pyrrole nitrogens is 1. The topological polar surface area (TPSA) is 95.4 Å². The third kappa shape index (κ3) is 4.10. The number of ether oxygens (including phenoxy) is 3. The van der Waals surface area contributed by atoms with Gasteiger partial charge in [-0.15, -0.1) is 5.10 Å². The van der Waals surface area contributed by atoms with Crippen molar-refractivity contribution < 1.29 is 19.0 Å². The fraction of sp³-hybridized carbons (Fsp3) is 0.471. The Balaban J connectivity index is 1.67. The summed E-state index contributed by atoms with van der Waals surface area (Å²) in [7, 11) is 3.06. The van der Waals surface area contributed by atoms with Crippen LogP contribution in [0.15, 0.2) is 28.2 Å². The van der Waals surface area contributed by atoms with Crippen LogP contribution in [0.2, 0.25) is 0 Å². The van der Waals surface area contributed by atoms with Gasteiger partial charge in [-0.1, -0.05) is 11.8 Å². The van der Waals surface area contributed by atoms with Gasteiger partial charge in [0.15, 0.2) is 22.4 Å². The molecule has 0 saturated carbocycles. The number of aromatic amines is 1. The molecule has 1 atom stereocenters. The Bertz CT molecular complexity index is 826. The largest absolute Gasteiger partial charge is 0.493 e. The van der Waals surface area contributed by atoms with E-state index in [4.69, 9.17) is 14.2 Å². The second-order valence-electron chi connectivity index (χ2n) is 5.84. The lowest BCUT2D eigenvalue weighted by Gasteiger charge is -2.11. The number of nitrogens with zero attached hydrogens (tertiary/aromatic N) is 2. The minimum atomic E-state index is -0.290. The van der Waals surface area contributed by atoms with Gasteiger partial charge in [0.1, 0.15) is 0 Å². The molecule has 0 spiro atoms. The average molecular weight is 379 g/mol. The van der Waals surface area contributed by atoms with Gasteiger partial charge < -0.3 is 14.2 Å². The average Bonchev–Trinajstić information content (AvgIpc) is 3.30. The number of thioether (sulfide) groups is 1. The number of methoxy groups -OCH3 is 2. The normalized spacial score (nSPS) is 16.6. The molecule has 0 unspecified atom stereocenters. The molecule has 1 saturated heterocycles. The number of ketones is 1. The Hall–Kier alpha value is -2.26. The van der Waals surface area contributed by atoms with Gasteiger partial charge in [0.25, 0.3) is 0 Å². The Morgan fingerprint density at radius 3 is 2.88 bits per heavy atom. The number of hydrogen-bond acceptors (Lipinski definition) is 7. The first-order valence-corrected chi connectivity index (χ1v) is 9.25. The van der Waals surface area contributed by atoms with E-state index in [-0.39, 0.29) is 23.3 Å². The van der Waals surface area contributed by atoms with E-state index in [1.165, 1.54) is 23.4 Å². The maximum Gasteiger partial charge on any atom is 0.344 e. The van der Waals surface area contributed by atoms with Gasteiger partial charge in [0.2, 0.25) is 0 Å². The van der Waals surface area contributed by atoms with Crippen molar-refractivity contribution >= 4 is 17.5 Å². The van der Waals surface area contributed by atoms with Gasteiger partial charge in [0, 0.05) is 12.2 Å². The van der Waals surface area contributed by atoms with E-state index < -0.39 is 0 Å². The van der Waals surface area contributed by atoms with E-state index in [0.717, 1.165) is 19.4 Å². The monoisotopic (exact) mass is 379 g/mol. The van der Waals surface area contributed by atoms with Crippen LogP contribution >= 0.6 is 11.8 Å². The zero-order valence-electron chi connectivity index (χ0n) is 14.7. The summed E-state index contributed by atoms with van der Waals surface area (Å²) in [5, 5.41) is 6.95. The summed E-state index contributed by atoms with van der Waals surface area (Å²) in [6.45, 7) is 1.17. The van der Waals surface area contributed by atoms with Gasteiger partial charge in [-0.25, -0.2) is 9.89 Å². The van der Waals surface area contributed by atoms with Gasteiger partial charge in [-0.05, 0) is 31.0 Å². The third-order valence-corrected chi connectivity index (χ3v) is 5.15. The Morgan fingerprint density at radius 1 is 1.38 bits per heavy atom. The van der Waals surface area contributed by atoms with Gasteiger partial charge >= 0.3 is 5.69 Å². The molecule has 2 heterocycles. The standard InChI is InChI=1S/C17H21N3O5S/c1-23-14-6-5-11(8-15(14)24-2)13(21)10-26-17-19-18-16(22)20(17)9-12-4-3-7-25-12/h5-6,8,12H,3-4,7,9-10H2,1-2H3,(H,18,22)/t12-/m0/s1. The molecule has 3 rings (SSSR count). The second-order valence-corrected chi connectivity index (χ2v) is 6.78. The molecule has 9 heteroatoms. The van der Waals surface area contributed by atoms with Crippen molar-refractivity contribution in [3.05, 3.63) is 34.2 Å². The zero-order chi connectivity index (χ0) is 18.5. The number of Topliss-reactive ketones (excluding diaryl/α,β-unsaturated/α-hetero) is 1. The van der Waals surface area contributed by atoms with Crippen LogP contribution in [0.25, 0.3) is 0 Å². The molecule has 1 aliphatic rings. The van der Waals surface area contributed by atoms with E-state index in [9.17, 15) is 9.59 Å². The highest BCUT2D eigenvalue weighted by molar-refractivity contribution is 7.99. The van der Waals surface area contributed by atoms with Crippen molar-refractivity contribution in [2.24, 2.45) is 0 Å². The molecule has 1 aliphatic heterocycles. The first-order chi connectivity index (χ1) is 12.6. The first kappa shape index (κ1) is 18.5. The minimum Gasteiger partial charge on any atom is -0.493 e. The maximum absolute atomic E-state index is 12.5. The Morgan fingerprint density at radius 2 is 2.19 bits per heavy atom. The highest BCUT2D eigenvalue weighted by atomic mass is 32.2. The molecule has 0 bridgehead atoms. The molecule has 26 heavy (non-hydrogen) atoms. The summed E-state index contributed by atoms with van der Waals surface area (Å²) in [6.07, 6.45) is 1.94. The van der Waals surface area contributed by atoms with Crippen molar-refractivity contribution in [1.29, 1.82) is 0 Å². The molecule has 8 nitrogen and oxygen atoms in total. The van der Waals surface area contributed by atoms with Crippen molar-refractivity contribution in [1.82, 2.24) is 14.8 Å². The fourth-order valence-electron chi connectivity index (χ4n) is 2.79. The predicted octanol–water partition coefficient (Wildman–Crippen LogP) is 1.74. The molecule has 0 amide bonds. The maximum atomic E-state index is 12.5. The second kappa shape index (κ2) is 8.41. The summed E-state index contributed by atoms with van der Waals surface area (Å²) in [6, 6.07) is 5.03. The van der Waals surface area contributed by atoms with Crippen molar-refractivity contribution in [3.8, 4) is 11.5 Å². The minimum absolute atomic E-state index is 0.0196. The van der Waals surface area contributed by atoms with Crippen LogP contribution in [0.4, 0.5) is 0 Å². The van der Waals surface area contributed by atoms with E-state index in [2.05, 4.69) is 10.2 Å². The molecule has 1 N–H and O–H groups in total. The van der Waals surface area contributed by atoms with Crippen LogP contribution in [-0.2, 0) is 11.3 Å². The molecular weight excluding hydrogens is 358 g/mol. The number of carbonyl (C=O) groups is 1. The fourth-order valence-corrected chi connectivity index (χ4v) is 3.64. The van der Waals surface area contributed by atoms with Crippen LogP contribution in [0.1, 0.15) is 23.2 Å². The lowest BCUT2D eigenvalue weighted by atomic mass is 10.1. The summed E-state index contributed by atoms with van der Waals surface area (Å²) in [5.74, 6) is 1.13.